The molecule has 4 heterocycles. The Balaban J connectivity index is 1.15. The Bertz CT molecular complexity index is 2190. The van der Waals surface area contributed by atoms with E-state index in [2.05, 4.69) is 48.4 Å². The van der Waals surface area contributed by atoms with Crippen molar-refractivity contribution in [2.75, 3.05) is 18.4 Å². The van der Waals surface area contributed by atoms with E-state index in [0.29, 0.717) is 24.8 Å². The zero-order valence-corrected chi connectivity index (χ0v) is 28.1. The van der Waals surface area contributed by atoms with Crippen LogP contribution < -0.4 is 5.32 Å². The summed E-state index contributed by atoms with van der Waals surface area (Å²) in [5.41, 5.74) is 10.7. The topological polar surface area (TPSA) is 114 Å². The molecule has 0 radical (unpaired) electrons. The van der Waals surface area contributed by atoms with Gasteiger partial charge in [0.2, 0.25) is 5.89 Å². The molecule has 48 heavy (non-hydrogen) atoms. The van der Waals surface area contributed by atoms with Gasteiger partial charge >= 0.3 is 6.09 Å². The highest BCUT2D eigenvalue weighted by Crippen LogP contribution is 2.38. The van der Waals surface area contributed by atoms with Gasteiger partial charge in [-0.15, -0.1) is 0 Å². The van der Waals surface area contributed by atoms with Gasteiger partial charge < -0.3 is 24.5 Å². The van der Waals surface area contributed by atoms with Gasteiger partial charge in [-0.3, -0.25) is 4.98 Å². The number of hydrogen-bond donors (Lipinski definition) is 2. The molecule has 0 saturated carbocycles. The molecule has 3 aromatic carbocycles. The van der Waals surface area contributed by atoms with Crippen molar-refractivity contribution in [2.24, 2.45) is 0 Å². The molecule has 1 aliphatic heterocycles. The number of carbonyl (C=O) groups is 1. The Labute approximate surface area is 279 Å². The predicted molar refractivity (Wildman–Crippen MR) is 188 cm³/mol. The van der Waals surface area contributed by atoms with Crippen molar-refractivity contribution in [3.63, 3.8) is 0 Å². The number of ether oxygens (including phenoxy) is 1. The summed E-state index contributed by atoms with van der Waals surface area (Å²) < 4.78 is 11.8. The van der Waals surface area contributed by atoms with Crippen LogP contribution in [0.4, 0.5) is 16.3 Å². The van der Waals surface area contributed by atoms with Gasteiger partial charge in [0.25, 0.3) is 0 Å². The Morgan fingerprint density at radius 1 is 0.979 bits per heavy atom. The summed E-state index contributed by atoms with van der Waals surface area (Å²) in [4.78, 5) is 28.4. The number of likely N-dealkylation sites (tertiary alicyclic amines) is 1. The van der Waals surface area contributed by atoms with E-state index < -0.39 is 5.60 Å². The standard InChI is InChI=1S/C39H39N5O4/c1-22-15-25(21-45)16-33-35(22)47-37(43-33)31-11-7-9-29(23(31)2)30-10-8-12-32(24(30)3)42-36-34-26(13-14-40-36)17-27(18-41-34)28-19-44(20-28)38(46)48-39(4,5)6/h7-18,28,45H,19-21H2,1-6H3,(H,40,42). The lowest BCUT2D eigenvalue weighted by atomic mass is 9.92. The molecule has 0 spiro atoms. The quantitative estimate of drug-likeness (QED) is 0.186. The number of fused-ring (bicyclic) bond motifs is 2. The smallest absolute Gasteiger partial charge is 0.410 e. The molecule has 244 valence electrons. The predicted octanol–water partition coefficient (Wildman–Crippen LogP) is 8.60. The zero-order valence-electron chi connectivity index (χ0n) is 28.1. The second-order valence-corrected chi connectivity index (χ2v) is 13.6. The first kappa shape index (κ1) is 31.3. The van der Waals surface area contributed by atoms with E-state index in [-0.39, 0.29) is 18.6 Å². The van der Waals surface area contributed by atoms with Gasteiger partial charge in [-0.2, -0.15) is 0 Å². The highest BCUT2D eigenvalue weighted by atomic mass is 16.6. The Hall–Kier alpha value is -5.28. The molecule has 0 atom stereocenters. The molecular weight excluding hydrogens is 602 g/mol. The molecule has 6 aromatic rings. The van der Waals surface area contributed by atoms with Crippen molar-refractivity contribution in [1.29, 1.82) is 0 Å². The minimum Gasteiger partial charge on any atom is -0.444 e. The van der Waals surface area contributed by atoms with Crippen LogP contribution in [0, 0.1) is 20.8 Å². The van der Waals surface area contributed by atoms with E-state index in [1.807, 2.05) is 70.3 Å². The number of aryl methyl sites for hydroxylation is 1. The van der Waals surface area contributed by atoms with Crippen LogP contribution in [0.3, 0.4) is 0 Å². The number of rotatable bonds is 6. The van der Waals surface area contributed by atoms with Crippen molar-refractivity contribution in [3.05, 3.63) is 101 Å². The van der Waals surface area contributed by atoms with Crippen molar-refractivity contribution >= 4 is 39.6 Å². The Morgan fingerprint density at radius 2 is 1.71 bits per heavy atom. The summed E-state index contributed by atoms with van der Waals surface area (Å²) in [7, 11) is 0. The normalized spacial score (nSPS) is 13.6. The van der Waals surface area contributed by atoms with Gasteiger partial charge in [-0.1, -0.05) is 24.3 Å². The summed E-state index contributed by atoms with van der Waals surface area (Å²) in [6, 6.07) is 20.3. The molecule has 3 aromatic heterocycles. The monoisotopic (exact) mass is 641 g/mol. The minimum absolute atomic E-state index is 0.0424. The first-order valence-electron chi connectivity index (χ1n) is 16.2. The summed E-state index contributed by atoms with van der Waals surface area (Å²) in [5.74, 6) is 1.45. The summed E-state index contributed by atoms with van der Waals surface area (Å²) in [6.45, 7) is 13.0. The van der Waals surface area contributed by atoms with Crippen LogP contribution in [0.2, 0.25) is 0 Å². The van der Waals surface area contributed by atoms with Crippen molar-refractivity contribution in [1.82, 2.24) is 19.9 Å². The van der Waals surface area contributed by atoms with Gasteiger partial charge in [-0.05, 0) is 117 Å². The van der Waals surface area contributed by atoms with Crippen molar-refractivity contribution < 1.29 is 19.1 Å². The number of aliphatic hydroxyl groups excluding tert-OH is 1. The highest BCUT2D eigenvalue weighted by molar-refractivity contribution is 5.91. The molecule has 1 aliphatic rings. The Morgan fingerprint density at radius 3 is 2.46 bits per heavy atom. The molecule has 1 saturated heterocycles. The fourth-order valence-electron chi connectivity index (χ4n) is 6.39. The number of oxazole rings is 1. The number of nitrogens with zero attached hydrogens (tertiary/aromatic N) is 4. The van der Waals surface area contributed by atoms with Crippen LogP contribution in [-0.2, 0) is 11.3 Å². The maximum atomic E-state index is 12.4. The summed E-state index contributed by atoms with van der Waals surface area (Å²) >= 11 is 0. The lowest BCUT2D eigenvalue weighted by Gasteiger charge is -2.39. The first-order chi connectivity index (χ1) is 23.0. The number of pyridine rings is 2. The summed E-state index contributed by atoms with van der Waals surface area (Å²) in [5, 5.41) is 14.2. The van der Waals surface area contributed by atoms with E-state index >= 15 is 0 Å². The number of aliphatic hydroxyl groups is 1. The number of amides is 1. The van der Waals surface area contributed by atoms with E-state index in [0.717, 1.165) is 72.2 Å². The van der Waals surface area contributed by atoms with Crippen molar-refractivity contribution in [2.45, 2.75) is 59.7 Å². The number of hydrogen-bond acceptors (Lipinski definition) is 8. The van der Waals surface area contributed by atoms with Crippen LogP contribution in [0.25, 0.3) is 44.6 Å². The molecule has 2 N–H and O–H groups in total. The number of nitrogens with one attached hydrogen (secondary N) is 1. The lowest BCUT2D eigenvalue weighted by molar-refractivity contribution is 0.00818. The highest BCUT2D eigenvalue weighted by Gasteiger charge is 2.35. The third kappa shape index (κ3) is 5.86. The van der Waals surface area contributed by atoms with Crippen LogP contribution in [0.1, 0.15) is 54.5 Å². The van der Waals surface area contributed by atoms with E-state index in [1.54, 1.807) is 11.1 Å². The summed E-state index contributed by atoms with van der Waals surface area (Å²) in [6.07, 6.45) is 3.41. The maximum absolute atomic E-state index is 12.4. The van der Waals surface area contributed by atoms with Gasteiger partial charge in [0.1, 0.15) is 16.6 Å². The average Bonchev–Trinajstić information content (AvgIpc) is 3.45. The second-order valence-electron chi connectivity index (χ2n) is 13.6. The number of benzene rings is 3. The third-order valence-electron chi connectivity index (χ3n) is 8.98. The molecule has 0 aliphatic carbocycles. The molecule has 0 bridgehead atoms. The largest absolute Gasteiger partial charge is 0.444 e. The maximum Gasteiger partial charge on any atom is 0.410 e. The second kappa shape index (κ2) is 12.1. The fraction of sp³-hybridized carbons (Fsp3) is 0.282. The van der Waals surface area contributed by atoms with E-state index in [1.165, 1.54) is 0 Å². The average molecular weight is 642 g/mol. The molecule has 9 nitrogen and oxygen atoms in total. The SMILES string of the molecule is Cc1c(Nc2nccc3cc(C4CN(C(=O)OC(C)(C)C)C4)cnc23)cccc1-c1cccc(-c2nc3cc(CO)cc(C)c3o2)c1C. The number of carbonyl (C=O) groups excluding carboxylic acids is 1. The number of anilines is 2. The van der Waals surface area contributed by atoms with Crippen LogP contribution >= 0.6 is 0 Å². The van der Waals surface area contributed by atoms with Crippen LogP contribution in [0.15, 0.2) is 77.5 Å². The molecule has 1 fully saturated rings. The van der Waals surface area contributed by atoms with E-state index in [4.69, 9.17) is 19.1 Å². The molecule has 9 heteroatoms. The van der Waals surface area contributed by atoms with Gasteiger partial charge in [-0.25, -0.2) is 14.8 Å². The third-order valence-corrected chi connectivity index (χ3v) is 8.98. The van der Waals surface area contributed by atoms with Crippen molar-refractivity contribution in [3.8, 4) is 22.6 Å². The molecule has 1 amide bonds. The molecule has 0 unspecified atom stereocenters. The Kier molecular flexibility index (Phi) is 7.87. The van der Waals surface area contributed by atoms with Crippen LogP contribution in [-0.4, -0.2) is 49.7 Å². The van der Waals surface area contributed by atoms with E-state index in [9.17, 15) is 9.90 Å². The zero-order chi connectivity index (χ0) is 33.7. The molecule has 7 rings (SSSR count). The van der Waals surface area contributed by atoms with Gasteiger partial charge in [0.15, 0.2) is 11.4 Å². The van der Waals surface area contributed by atoms with Gasteiger partial charge in [0, 0.05) is 48.0 Å². The van der Waals surface area contributed by atoms with Crippen LogP contribution in [0.5, 0.6) is 0 Å². The lowest BCUT2D eigenvalue weighted by Crippen LogP contribution is -2.50. The first-order valence-corrected chi connectivity index (χ1v) is 16.2. The number of aromatic nitrogens is 3. The minimum atomic E-state index is -0.511. The fourth-order valence-corrected chi connectivity index (χ4v) is 6.39. The van der Waals surface area contributed by atoms with Gasteiger partial charge in [0.05, 0.1) is 6.61 Å². The molecular formula is C39H39N5O4.